The van der Waals surface area contributed by atoms with Gasteiger partial charge in [0.25, 0.3) is 0 Å². The molecule has 1 saturated heterocycles. The SMILES string of the molecule is OCc1ncc(CC2CNCCO2)[nH]1. The van der Waals surface area contributed by atoms with Crippen LogP contribution in [-0.2, 0) is 17.8 Å². The van der Waals surface area contributed by atoms with Crippen LogP contribution in [0.25, 0.3) is 0 Å². The Morgan fingerprint density at radius 2 is 2.57 bits per heavy atom. The van der Waals surface area contributed by atoms with Gasteiger partial charge >= 0.3 is 0 Å². The minimum Gasteiger partial charge on any atom is -0.388 e. The third-order valence-corrected chi connectivity index (χ3v) is 2.28. The fourth-order valence-corrected chi connectivity index (χ4v) is 1.59. The van der Waals surface area contributed by atoms with Gasteiger partial charge in [0.05, 0.1) is 12.7 Å². The van der Waals surface area contributed by atoms with Crippen LogP contribution in [0.15, 0.2) is 6.20 Å². The number of H-pyrrole nitrogens is 1. The van der Waals surface area contributed by atoms with Crippen molar-refractivity contribution in [2.45, 2.75) is 19.1 Å². The summed E-state index contributed by atoms with van der Waals surface area (Å²) in [7, 11) is 0. The topological polar surface area (TPSA) is 70.2 Å². The summed E-state index contributed by atoms with van der Waals surface area (Å²) in [5.74, 6) is 0.615. The van der Waals surface area contributed by atoms with Crippen molar-refractivity contribution in [2.24, 2.45) is 0 Å². The maximum Gasteiger partial charge on any atom is 0.132 e. The Morgan fingerprint density at radius 3 is 3.21 bits per heavy atom. The van der Waals surface area contributed by atoms with Crippen LogP contribution in [0.5, 0.6) is 0 Å². The second-order valence-electron chi connectivity index (χ2n) is 3.41. The van der Waals surface area contributed by atoms with Crippen LogP contribution < -0.4 is 5.32 Å². The summed E-state index contributed by atoms with van der Waals surface area (Å²) in [5, 5.41) is 12.1. The molecule has 1 fully saturated rings. The molecule has 0 spiro atoms. The van der Waals surface area contributed by atoms with E-state index in [1.54, 1.807) is 6.20 Å². The summed E-state index contributed by atoms with van der Waals surface area (Å²) in [5.41, 5.74) is 1.02. The molecule has 0 aromatic carbocycles. The number of hydrogen-bond acceptors (Lipinski definition) is 4. The van der Waals surface area contributed by atoms with Crippen LogP contribution in [0.3, 0.4) is 0 Å². The molecule has 0 bridgehead atoms. The van der Waals surface area contributed by atoms with E-state index in [-0.39, 0.29) is 12.7 Å². The highest BCUT2D eigenvalue weighted by Gasteiger charge is 2.14. The number of aliphatic hydroxyl groups excluding tert-OH is 1. The maximum absolute atomic E-state index is 8.82. The molecule has 0 radical (unpaired) electrons. The number of aromatic amines is 1. The first-order valence-electron chi connectivity index (χ1n) is 4.84. The van der Waals surface area contributed by atoms with Crippen molar-refractivity contribution < 1.29 is 9.84 Å². The number of imidazole rings is 1. The highest BCUT2D eigenvalue weighted by Crippen LogP contribution is 2.05. The van der Waals surface area contributed by atoms with Gasteiger partial charge in [-0.15, -0.1) is 0 Å². The normalized spacial score (nSPS) is 22.5. The zero-order valence-corrected chi connectivity index (χ0v) is 7.99. The van der Waals surface area contributed by atoms with Crippen LogP contribution in [-0.4, -0.2) is 40.9 Å². The third kappa shape index (κ3) is 2.31. The molecule has 1 aromatic rings. The number of rotatable bonds is 3. The molecule has 5 heteroatoms. The van der Waals surface area contributed by atoms with E-state index in [9.17, 15) is 0 Å². The lowest BCUT2D eigenvalue weighted by molar-refractivity contribution is 0.0287. The summed E-state index contributed by atoms with van der Waals surface area (Å²) < 4.78 is 5.55. The van der Waals surface area contributed by atoms with Crippen LogP contribution in [0.4, 0.5) is 0 Å². The summed E-state index contributed by atoms with van der Waals surface area (Å²) in [6, 6.07) is 0. The minimum absolute atomic E-state index is 0.0379. The first-order valence-corrected chi connectivity index (χ1v) is 4.84. The van der Waals surface area contributed by atoms with Gasteiger partial charge in [-0.3, -0.25) is 0 Å². The first-order chi connectivity index (χ1) is 6.88. The van der Waals surface area contributed by atoms with Crippen molar-refractivity contribution in [1.29, 1.82) is 0 Å². The van der Waals surface area contributed by atoms with Crippen molar-refractivity contribution in [3.05, 3.63) is 17.7 Å². The lowest BCUT2D eigenvalue weighted by Crippen LogP contribution is -2.39. The maximum atomic E-state index is 8.82. The molecule has 3 N–H and O–H groups in total. The average molecular weight is 197 g/mol. The van der Waals surface area contributed by atoms with E-state index in [4.69, 9.17) is 9.84 Å². The Kier molecular flexibility index (Phi) is 3.13. The average Bonchev–Trinajstić information content (AvgIpc) is 2.67. The van der Waals surface area contributed by atoms with Gasteiger partial charge in [0.2, 0.25) is 0 Å². The number of aliphatic hydroxyl groups is 1. The summed E-state index contributed by atoms with van der Waals surface area (Å²) >= 11 is 0. The van der Waals surface area contributed by atoms with Crippen LogP contribution >= 0.6 is 0 Å². The molecule has 78 valence electrons. The van der Waals surface area contributed by atoms with Gasteiger partial charge in [0.15, 0.2) is 0 Å². The monoisotopic (exact) mass is 197 g/mol. The molecule has 0 saturated carbocycles. The van der Waals surface area contributed by atoms with E-state index in [2.05, 4.69) is 15.3 Å². The van der Waals surface area contributed by atoms with Crippen molar-refractivity contribution in [1.82, 2.24) is 15.3 Å². The zero-order chi connectivity index (χ0) is 9.80. The van der Waals surface area contributed by atoms with E-state index >= 15 is 0 Å². The third-order valence-electron chi connectivity index (χ3n) is 2.28. The summed E-state index contributed by atoms with van der Waals surface area (Å²) in [4.78, 5) is 7.06. The second-order valence-corrected chi connectivity index (χ2v) is 3.41. The van der Waals surface area contributed by atoms with Crippen molar-refractivity contribution in [2.75, 3.05) is 19.7 Å². The number of nitrogens with one attached hydrogen (secondary N) is 2. The van der Waals surface area contributed by atoms with Gasteiger partial charge in [-0.1, -0.05) is 0 Å². The number of ether oxygens (including phenoxy) is 1. The molecule has 14 heavy (non-hydrogen) atoms. The molecule has 2 heterocycles. The lowest BCUT2D eigenvalue weighted by atomic mass is 10.2. The Bertz CT molecular complexity index is 281. The number of aromatic nitrogens is 2. The standard InChI is InChI=1S/C9H15N3O2/c13-6-9-11-4-7(12-9)3-8-5-10-1-2-14-8/h4,8,10,13H,1-3,5-6H2,(H,11,12). The van der Waals surface area contributed by atoms with Crippen LogP contribution in [0.2, 0.25) is 0 Å². The molecule has 0 aliphatic carbocycles. The van der Waals surface area contributed by atoms with E-state index in [0.29, 0.717) is 5.82 Å². The van der Waals surface area contributed by atoms with Crippen molar-refractivity contribution in [3.63, 3.8) is 0 Å². The quantitative estimate of drug-likeness (QED) is 0.607. The molecular weight excluding hydrogens is 182 g/mol. The van der Waals surface area contributed by atoms with Crippen LogP contribution in [0, 0.1) is 0 Å². The molecule has 0 amide bonds. The van der Waals surface area contributed by atoms with Gasteiger partial charge in [-0.25, -0.2) is 4.98 Å². The van der Waals surface area contributed by atoms with Gasteiger partial charge in [-0.2, -0.15) is 0 Å². The van der Waals surface area contributed by atoms with E-state index in [1.807, 2.05) is 0 Å². The molecule has 1 aromatic heterocycles. The number of hydrogen-bond donors (Lipinski definition) is 3. The molecule has 5 nitrogen and oxygen atoms in total. The van der Waals surface area contributed by atoms with Gasteiger partial charge < -0.3 is 20.1 Å². The highest BCUT2D eigenvalue weighted by atomic mass is 16.5. The molecular formula is C9H15N3O2. The Hall–Kier alpha value is -0.910. The van der Waals surface area contributed by atoms with E-state index < -0.39 is 0 Å². The fourth-order valence-electron chi connectivity index (χ4n) is 1.59. The largest absolute Gasteiger partial charge is 0.388 e. The lowest BCUT2D eigenvalue weighted by Gasteiger charge is -2.22. The summed E-state index contributed by atoms with van der Waals surface area (Å²) in [6.07, 6.45) is 2.79. The predicted octanol–water partition coefficient (Wildman–Crippen LogP) is -0.567. The highest BCUT2D eigenvalue weighted by molar-refractivity contribution is 5.02. The molecule has 1 atom stereocenters. The minimum atomic E-state index is -0.0379. The summed E-state index contributed by atoms with van der Waals surface area (Å²) in [6.45, 7) is 2.55. The number of morpholine rings is 1. The number of nitrogens with zero attached hydrogens (tertiary/aromatic N) is 1. The smallest absolute Gasteiger partial charge is 0.132 e. The zero-order valence-electron chi connectivity index (χ0n) is 7.99. The molecule has 1 aliphatic rings. The van der Waals surface area contributed by atoms with Gasteiger partial charge in [0, 0.05) is 31.4 Å². The van der Waals surface area contributed by atoms with Crippen molar-refractivity contribution >= 4 is 0 Å². The first kappa shape index (κ1) is 9.64. The van der Waals surface area contributed by atoms with Crippen molar-refractivity contribution in [3.8, 4) is 0 Å². The fraction of sp³-hybridized carbons (Fsp3) is 0.667. The predicted molar refractivity (Wildman–Crippen MR) is 50.8 cm³/mol. The van der Waals surface area contributed by atoms with Gasteiger partial charge in [-0.05, 0) is 0 Å². The van der Waals surface area contributed by atoms with Crippen LogP contribution in [0.1, 0.15) is 11.5 Å². The Balaban J connectivity index is 1.89. The van der Waals surface area contributed by atoms with E-state index in [0.717, 1.165) is 31.8 Å². The molecule has 1 aliphatic heterocycles. The van der Waals surface area contributed by atoms with Gasteiger partial charge in [0.1, 0.15) is 12.4 Å². The van der Waals surface area contributed by atoms with E-state index in [1.165, 1.54) is 0 Å². The second kappa shape index (κ2) is 4.54. The molecule has 2 rings (SSSR count). The Labute approximate surface area is 82.5 Å². The molecule has 1 unspecified atom stereocenters. The Morgan fingerprint density at radius 1 is 1.64 bits per heavy atom.